The fourth-order valence-corrected chi connectivity index (χ4v) is 7.24. The number of carbonyl (C=O) groups is 8. The first kappa shape index (κ1) is 100. The maximum atomic E-state index is 11.8. The molecular weight excluding hydrogens is 1010 g/mol. The van der Waals surface area contributed by atoms with Gasteiger partial charge in [0.05, 0.1) is 44.2 Å². The maximum Gasteiger partial charge on any atom is 0.305 e. The molecular formula is C64H128O15. The lowest BCUT2D eigenvalue weighted by atomic mass is 10.0. The van der Waals surface area contributed by atoms with Crippen LogP contribution in [0, 0.1) is 0 Å². The minimum Gasteiger partial charge on any atom is -0.466 e. The van der Waals surface area contributed by atoms with Gasteiger partial charge in [-0.15, -0.1) is 0 Å². The third-order valence-electron chi connectivity index (χ3n) is 11.1. The summed E-state index contributed by atoms with van der Waals surface area (Å²) in [6.07, 6.45) is 19.3. The summed E-state index contributed by atoms with van der Waals surface area (Å²) in [6, 6.07) is 9.17. The van der Waals surface area contributed by atoms with Crippen molar-refractivity contribution in [3.63, 3.8) is 0 Å². The molecule has 1 rings (SSSR count). The lowest BCUT2D eigenvalue weighted by Crippen LogP contribution is -2.16. The molecule has 0 N–H and O–H groups in total. The lowest BCUT2D eigenvalue weighted by molar-refractivity contribution is -0.144. The normalized spacial score (nSPS) is 10.9. The molecule has 474 valence electrons. The molecule has 0 aliphatic rings. The van der Waals surface area contributed by atoms with Gasteiger partial charge in [-0.3, -0.25) is 38.4 Å². The van der Waals surface area contributed by atoms with Gasteiger partial charge in [0.25, 0.3) is 0 Å². The number of ether oxygens (including phenoxy) is 7. The Morgan fingerprint density at radius 3 is 0.848 bits per heavy atom. The van der Waals surface area contributed by atoms with Gasteiger partial charge in [0, 0.05) is 85.4 Å². The minimum atomic E-state index is -0.153. The molecule has 1 aromatic rings. The molecule has 0 spiro atoms. The van der Waals surface area contributed by atoms with E-state index in [1.54, 1.807) is 68.3 Å². The number of unbranched alkanes of at least 4 members (excludes halogenated alkanes) is 9. The SMILES string of the molecule is C.C.C.C.C.C.C.C.CCOC(=O)CCCCC(CC(C)=O)OC.CCOC(=O)CCCCCCC(CC(C)=O)OC.CCOC(=O)CCCCCCCCC(CC(C)=O)OC.COC(CCC(=O)c1ccccc1)CC(C)=O. The molecule has 15 nitrogen and oxygen atoms in total. The zero-order chi connectivity index (χ0) is 54.1. The molecule has 4 unspecified atom stereocenters. The van der Waals surface area contributed by atoms with E-state index in [1.165, 1.54) is 13.3 Å². The molecule has 0 aliphatic carbocycles. The minimum absolute atomic E-state index is 0. The van der Waals surface area contributed by atoms with Gasteiger partial charge in [-0.2, -0.15) is 0 Å². The highest BCUT2D eigenvalue weighted by Crippen LogP contribution is 2.16. The highest BCUT2D eigenvalue weighted by molar-refractivity contribution is 5.96. The van der Waals surface area contributed by atoms with Crippen molar-refractivity contribution in [2.75, 3.05) is 48.3 Å². The van der Waals surface area contributed by atoms with Crippen molar-refractivity contribution in [2.45, 2.75) is 286 Å². The zero-order valence-electron chi connectivity index (χ0n) is 45.9. The molecule has 1 aromatic carbocycles. The highest BCUT2D eigenvalue weighted by atomic mass is 16.5. The fourth-order valence-electron chi connectivity index (χ4n) is 7.24. The Balaban J connectivity index is -0.0000000841. The van der Waals surface area contributed by atoms with E-state index < -0.39 is 0 Å². The second-order valence-electron chi connectivity index (χ2n) is 17.7. The predicted octanol–water partition coefficient (Wildman–Crippen LogP) is 16.4. The molecule has 0 saturated carbocycles. The molecule has 4 atom stereocenters. The molecule has 0 amide bonds. The van der Waals surface area contributed by atoms with E-state index in [-0.39, 0.29) is 131 Å². The number of hydrogen-bond acceptors (Lipinski definition) is 15. The molecule has 79 heavy (non-hydrogen) atoms. The standard InChI is InChI=1S/C16H30O4.C14H26O4.C14H18O3.C12H22O4.8CH4/c1-4-20-16(18)12-10-8-6-5-7-9-11-15(19-3)13-14(2)17;1-4-18-14(16)10-8-6-5-7-9-13(17-3)11-12(2)15;1-11(15)10-13(17-2)8-9-14(16)12-6-4-3-5-7-12;1-4-16-12(14)8-6-5-7-11(15-3)9-10(2)13;;;;;;;;/h15H,4-13H2,1-3H3;13H,4-11H2,1-3H3;3-7,13H,8-10H2,1-2H3;11H,4-9H2,1-3H3;8*1H4. The van der Waals surface area contributed by atoms with Crippen molar-refractivity contribution in [2.24, 2.45) is 0 Å². The van der Waals surface area contributed by atoms with Crippen LogP contribution in [0.15, 0.2) is 30.3 Å². The Labute approximate surface area is 487 Å². The van der Waals surface area contributed by atoms with Gasteiger partial charge < -0.3 is 33.2 Å². The van der Waals surface area contributed by atoms with Crippen LogP contribution in [-0.4, -0.2) is 119 Å². The number of Topliss-reactive ketones (excluding diaryl/α,β-unsaturated/α-hetero) is 5. The summed E-state index contributed by atoms with van der Waals surface area (Å²) < 4.78 is 35.4. The molecule has 0 aromatic heterocycles. The van der Waals surface area contributed by atoms with E-state index >= 15 is 0 Å². The van der Waals surface area contributed by atoms with Gasteiger partial charge in [0.2, 0.25) is 0 Å². The average Bonchev–Trinajstić information content (AvgIpc) is 3.33. The molecule has 0 aliphatic heterocycles. The molecule has 0 radical (unpaired) electrons. The first-order valence-corrected chi connectivity index (χ1v) is 26.1. The summed E-state index contributed by atoms with van der Waals surface area (Å²) in [4.78, 5) is 88.8. The quantitative estimate of drug-likeness (QED) is 0.0260. The Morgan fingerprint density at radius 2 is 0.582 bits per heavy atom. The topological polar surface area (TPSA) is 201 Å². The van der Waals surface area contributed by atoms with Crippen molar-refractivity contribution in [1.82, 2.24) is 0 Å². The molecule has 0 bridgehead atoms. The zero-order valence-corrected chi connectivity index (χ0v) is 45.9. The van der Waals surface area contributed by atoms with Gasteiger partial charge >= 0.3 is 17.9 Å². The van der Waals surface area contributed by atoms with Crippen LogP contribution < -0.4 is 0 Å². The number of hydrogen-bond donors (Lipinski definition) is 0. The van der Waals surface area contributed by atoms with Crippen LogP contribution in [0.4, 0.5) is 0 Å². The number of methoxy groups -OCH3 is 4. The third kappa shape index (κ3) is 71.8. The van der Waals surface area contributed by atoms with E-state index in [4.69, 9.17) is 33.2 Å². The second kappa shape index (κ2) is 71.8. The van der Waals surface area contributed by atoms with Gasteiger partial charge in [0.1, 0.15) is 23.1 Å². The van der Waals surface area contributed by atoms with Gasteiger partial charge in [-0.25, -0.2) is 0 Å². The van der Waals surface area contributed by atoms with E-state index in [2.05, 4.69) is 0 Å². The first-order chi connectivity index (χ1) is 33.9. The second-order valence-corrected chi connectivity index (χ2v) is 17.7. The van der Waals surface area contributed by atoms with Crippen molar-refractivity contribution >= 4 is 46.8 Å². The van der Waals surface area contributed by atoms with E-state index in [0.29, 0.717) is 83.2 Å². The monoisotopic (exact) mass is 1140 g/mol. The summed E-state index contributed by atoms with van der Waals surface area (Å²) in [7, 11) is 6.50. The number of carbonyl (C=O) groups excluding carboxylic acids is 8. The smallest absolute Gasteiger partial charge is 0.305 e. The summed E-state index contributed by atoms with van der Waals surface area (Å²) in [5.74, 6) is 0.337. The van der Waals surface area contributed by atoms with Crippen molar-refractivity contribution in [1.29, 1.82) is 0 Å². The van der Waals surface area contributed by atoms with Crippen LogP contribution in [0.3, 0.4) is 0 Å². The van der Waals surface area contributed by atoms with Crippen LogP contribution in [0.5, 0.6) is 0 Å². The first-order valence-electron chi connectivity index (χ1n) is 26.1. The van der Waals surface area contributed by atoms with E-state index in [0.717, 1.165) is 89.9 Å². The lowest BCUT2D eigenvalue weighted by Gasteiger charge is -2.13. The fraction of sp³-hybridized carbons (Fsp3) is 0.781. The van der Waals surface area contributed by atoms with Crippen LogP contribution in [0.1, 0.15) is 272 Å². The Morgan fingerprint density at radius 1 is 0.342 bits per heavy atom. The third-order valence-corrected chi connectivity index (χ3v) is 11.1. The van der Waals surface area contributed by atoms with E-state index in [9.17, 15) is 38.4 Å². The van der Waals surface area contributed by atoms with Gasteiger partial charge in [-0.05, 0) is 93.4 Å². The number of esters is 3. The van der Waals surface area contributed by atoms with Crippen LogP contribution in [0.25, 0.3) is 0 Å². The van der Waals surface area contributed by atoms with Crippen LogP contribution in [-0.2, 0) is 66.7 Å². The number of rotatable bonds is 40. The van der Waals surface area contributed by atoms with E-state index in [1.807, 2.05) is 32.0 Å². The summed E-state index contributed by atoms with van der Waals surface area (Å²) in [5.41, 5.74) is 0.713. The summed E-state index contributed by atoms with van der Waals surface area (Å²) in [6.45, 7) is 13.1. The number of ketones is 5. The van der Waals surface area contributed by atoms with Crippen LogP contribution >= 0.6 is 0 Å². The highest BCUT2D eigenvalue weighted by Gasteiger charge is 2.15. The molecule has 0 fully saturated rings. The van der Waals surface area contributed by atoms with Gasteiger partial charge in [0.15, 0.2) is 5.78 Å². The van der Waals surface area contributed by atoms with Crippen molar-refractivity contribution < 1.29 is 71.5 Å². The van der Waals surface area contributed by atoms with Crippen molar-refractivity contribution in [3.8, 4) is 0 Å². The number of benzene rings is 1. The molecule has 0 heterocycles. The van der Waals surface area contributed by atoms with Gasteiger partial charge in [-0.1, -0.05) is 148 Å². The molecule has 0 saturated heterocycles. The maximum absolute atomic E-state index is 11.8. The summed E-state index contributed by atoms with van der Waals surface area (Å²) in [5, 5.41) is 0. The average molecular weight is 1140 g/mol. The summed E-state index contributed by atoms with van der Waals surface area (Å²) >= 11 is 0. The molecule has 15 heteroatoms. The predicted molar refractivity (Wildman–Crippen MR) is 331 cm³/mol. The Kier molecular flexibility index (Phi) is 91.0. The Bertz CT molecular complexity index is 1530. The Hall–Kier alpha value is -4.18. The van der Waals surface area contributed by atoms with Crippen LogP contribution in [0.2, 0.25) is 0 Å². The largest absolute Gasteiger partial charge is 0.466 e. The van der Waals surface area contributed by atoms with Crippen molar-refractivity contribution in [3.05, 3.63) is 35.9 Å².